The Morgan fingerprint density at radius 3 is 2.58 bits per heavy atom. The number of benzene rings is 1. The Hall–Kier alpha value is -4.35. The Morgan fingerprint density at radius 1 is 1.14 bits per heavy atom. The summed E-state index contributed by atoms with van der Waals surface area (Å²) in [5.74, 6) is 0.383. The number of aromatic nitrogens is 3. The summed E-state index contributed by atoms with van der Waals surface area (Å²) >= 11 is 0. The molecule has 1 aliphatic carbocycles. The second-order valence-electron chi connectivity index (χ2n) is 8.76. The SMILES string of the molecule is CC(CNC(C(=O)Nc1ccc(-c2ccc(=O)n(C)n2)cn1)C1=CCCC=C1)c1ccc(C#N)cc1. The van der Waals surface area contributed by atoms with Gasteiger partial charge in [-0.15, -0.1) is 0 Å². The molecule has 0 saturated heterocycles. The van der Waals surface area contributed by atoms with Crippen LogP contribution in [0.15, 0.2) is 83.3 Å². The first kappa shape index (κ1) is 24.8. The van der Waals surface area contributed by atoms with Gasteiger partial charge in [-0.1, -0.05) is 37.3 Å². The standard InChI is InChI=1S/C28H28N6O2/c1-19(21-10-8-20(16-29)9-11-21)17-31-27(22-6-4-3-5-7-22)28(36)32-25-14-12-23(18-30-25)24-13-15-26(35)34(2)33-24/h4,6-15,18-19,27,31H,3,5,17H2,1-2H3,(H,30,32,36). The molecule has 0 bridgehead atoms. The third-order valence-corrected chi connectivity index (χ3v) is 6.13. The van der Waals surface area contributed by atoms with Crippen LogP contribution >= 0.6 is 0 Å². The monoisotopic (exact) mass is 480 g/mol. The number of nitriles is 1. The fraction of sp³-hybridized carbons (Fsp3) is 0.250. The Bertz CT molecular complexity index is 1380. The molecule has 2 heterocycles. The first-order valence-electron chi connectivity index (χ1n) is 11.9. The Morgan fingerprint density at radius 2 is 1.94 bits per heavy atom. The summed E-state index contributed by atoms with van der Waals surface area (Å²) in [5, 5.41) is 19.6. The quantitative estimate of drug-likeness (QED) is 0.508. The van der Waals surface area contributed by atoms with Gasteiger partial charge in [-0.2, -0.15) is 10.4 Å². The number of aryl methyl sites for hydroxylation is 1. The van der Waals surface area contributed by atoms with Gasteiger partial charge in [0, 0.05) is 31.4 Å². The summed E-state index contributed by atoms with van der Waals surface area (Å²) in [4.78, 5) is 29.3. The van der Waals surface area contributed by atoms with Crippen molar-refractivity contribution in [2.75, 3.05) is 11.9 Å². The van der Waals surface area contributed by atoms with Crippen LogP contribution in [0.2, 0.25) is 0 Å². The van der Waals surface area contributed by atoms with E-state index in [0.29, 0.717) is 23.6 Å². The van der Waals surface area contributed by atoms with Gasteiger partial charge in [0.15, 0.2) is 0 Å². The molecule has 2 atom stereocenters. The van der Waals surface area contributed by atoms with Crippen molar-refractivity contribution >= 4 is 11.7 Å². The van der Waals surface area contributed by atoms with Crippen molar-refractivity contribution in [3.8, 4) is 17.3 Å². The van der Waals surface area contributed by atoms with Gasteiger partial charge < -0.3 is 10.6 Å². The van der Waals surface area contributed by atoms with Gasteiger partial charge in [-0.3, -0.25) is 9.59 Å². The highest BCUT2D eigenvalue weighted by Gasteiger charge is 2.23. The second-order valence-corrected chi connectivity index (χ2v) is 8.76. The minimum atomic E-state index is -0.533. The molecule has 182 valence electrons. The molecule has 1 aliphatic rings. The van der Waals surface area contributed by atoms with Crippen LogP contribution in [0.3, 0.4) is 0 Å². The number of pyridine rings is 1. The number of allylic oxidation sites excluding steroid dienone is 2. The lowest BCUT2D eigenvalue weighted by molar-refractivity contribution is -0.117. The van der Waals surface area contributed by atoms with Crippen LogP contribution in [0.5, 0.6) is 0 Å². The lowest BCUT2D eigenvalue weighted by Gasteiger charge is -2.23. The van der Waals surface area contributed by atoms with Crippen molar-refractivity contribution in [2.24, 2.45) is 7.05 Å². The van der Waals surface area contributed by atoms with E-state index in [9.17, 15) is 9.59 Å². The third-order valence-electron chi connectivity index (χ3n) is 6.13. The van der Waals surface area contributed by atoms with E-state index in [4.69, 9.17) is 5.26 Å². The number of nitrogens with one attached hydrogen (secondary N) is 2. The van der Waals surface area contributed by atoms with E-state index in [1.165, 1.54) is 10.7 Å². The molecule has 2 aromatic heterocycles. The van der Waals surface area contributed by atoms with Gasteiger partial charge in [0.25, 0.3) is 5.56 Å². The molecule has 0 aliphatic heterocycles. The number of hydrogen-bond donors (Lipinski definition) is 2. The van der Waals surface area contributed by atoms with Crippen molar-refractivity contribution in [1.82, 2.24) is 20.1 Å². The number of amides is 1. The zero-order chi connectivity index (χ0) is 25.5. The molecular weight excluding hydrogens is 452 g/mol. The van der Waals surface area contributed by atoms with Gasteiger partial charge in [0.1, 0.15) is 11.9 Å². The Kier molecular flexibility index (Phi) is 7.83. The molecule has 1 aromatic carbocycles. The smallest absolute Gasteiger partial charge is 0.266 e. The number of carbonyl (C=O) groups is 1. The number of hydrogen-bond acceptors (Lipinski definition) is 6. The molecule has 8 heteroatoms. The molecule has 3 aromatic rings. The Labute approximate surface area is 210 Å². The van der Waals surface area contributed by atoms with Crippen LogP contribution in [0.1, 0.15) is 36.8 Å². The minimum absolute atomic E-state index is 0.146. The zero-order valence-corrected chi connectivity index (χ0v) is 20.3. The van der Waals surface area contributed by atoms with E-state index in [0.717, 1.165) is 29.5 Å². The second kappa shape index (κ2) is 11.4. The number of rotatable bonds is 8. The van der Waals surface area contributed by atoms with Gasteiger partial charge in [0.2, 0.25) is 5.91 Å². The van der Waals surface area contributed by atoms with Crippen molar-refractivity contribution in [1.29, 1.82) is 5.26 Å². The topological polar surface area (TPSA) is 113 Å². The highest BCUT2D eigenvalue weighted by molar-refractivity contribution is 5.96. The van der Waals surface area contributed by atoms with Crippen molar-refractivity contribution in [3.05, 3.63) is 100 Å². The van der Waals surface area contributed by atoms with Crippen LogP contribution in [0.4, 0.5) is 5.82 Å². The fourth-order valence-corrected chi connectivity index (χ4v) is 3.98. The van der Waals surface area contributed by atoms with E-state index < -0.39 is 6.04 Å². The first-order valence-corrected chi connectivity index (χ1v) is 11.9. The number of nitrogens with zero attached hydrogens (tertiary/aromatic N) is 4. The van der Waals surface area contributed by atoms with E-state index in [2.05, 4.69) is 45.9 Å². The zero-order valence-electron chi connectivity index (χ0n) is 20.3. The fourth-order valence-electron chi connectivity index (χ4n) is 3.98. The normalized spacial score (nSPS) is 14.4. The molecule has 4 rings (SSSR count). The van der Waals surface area contributed by atoms with Gasteiger partial charge in [0.05, 0.1) is 17.3 Å². The molecule has 2 N–H and O–H groups in total. The third kappa shape index (κ3) is 6.01. The van der Waals surface area contributed by atoms with Crippen molar-refractivity contribution in [2.45, 2.75) is 31.7 Å². The van der Waals surface area contributed by atoms with Crippen molar-refractivity contribution < 1.29 is 4.79 Å². The van der Waals surface area contributed by atoms with Gasteiger partial charge in [-0.05, 0) is 60.2 Å². The molecule has 8 nitrogen and oxygen atoms in total. The summed E-state index contributed by atoms with van der Waals surface area (Å²) in [7, 11) is 1.59. The summed E-state index contributed by atoms with van der Waals surface area (Å²) in [5.41, 5.74) is 3.83. The molecule has 0 spiro atoms. The van der Waals surface area contributed by atoms with Crippen LogP contribution < -0.4 is 16.2 Å². The van der Waals surface area contributed by atoms with Crippen LogP contribution in [0, 0.1) is 11.3 Å². The van der Waals surface area contributed by atoms with E-state index >= 15 is 0 Å². The first-order chi connectivity index (χ1) is 17.4. The summed E-state index contributed by atoms with van der Waals surface area (Å²) in [6.07, 6.45) is 9.64. The molecule has 36 heavy (non-hydrogen) atoms. The molecular formula is C28H28N6O2. The summed E-state index contributed by atoms with van der Waals surface area (Å²) in [6.45, 7) is 2.67. The lowest BCUT2D eigenvalue weighted by atomic mass is 9.96. The van der Waals surface area contributed by atoms with Crippen molar-refractivity contribution in [3.63, 3.8) is 0 Å². The predicted molar refractivity (Wildman–Crippen MR) is 139 cm³/mol. The minimum Gasteiger partial charge on any atom is -0.309 e. The highest BCUT2D eigenvalue weighted by Crippen LogP contribution is 2.20. The molecule has 1 amide bonds. The highest BCUT2D eigenvalue weighted by atomic mass is 16.2. The van der Waals surface area contributed by atoms with E-state index in [1.54, 1.807) is 25.4 Å². The van der Waals surface area contributed by atoms with Gasteiger partial charge >= 0.3 is 0 Å². The molecule has 0 fully saturated rings. The van der Waals surface area contributed by atoms with E-state index in [1.807, 2.05) is 36.4 Å². The maximum atomic E-state index is 13.3. The predicted octanol–water partition coefficient (Wildman–Crippen LogP) is 3.69. The largest absolute Gasteiger partial charge is 0.309 e. The number of carbonyl (C=O) groups excluding carboxylic acids is 1. The van der Waals surface area contributed by atoms with Gasteiger partial charge in [-0.25, -0.2) is 9.67 Å². The maximum absolute atomic E-state index is 13.3. The lowest BCUT2D eigenvalue weighted by Crippen LogP contribution is -2.43. The molecule has 0 radical (unpaired) electrons. The average molecular weight is 481 g/mol. The Balaban J connectivity index is 1.46. The van der Waals surface area contributed by atoms with Crippen LogP contribution in [0.25, 0.3) is 11.3 Å². The maximum Gasteiger partial charge on any atom is 0.266 e. The number of anilines is 1. The van der Waals surface area contributed by atoms with Crippen LogP contribution in [-0.2, 0) is 11.8 Å². The summed E-state index contributed by atoms with van der Waals surface area (Å²) in [6, 6.07) is 15.8. The van der Waals surface area contributed by atoms with Crippen LogP contribution in [-0.4, -0.2) is 33.3 Å². The molecule has 0 saturated carbocycles. The van der Waals surface area contributed by atoms with E-state index in [-0.39, 0.29) is 17.4 Å². The average Bonchev–Trinajstić information content (AvgIpc) is 2.91. The summed E-state index contributed by atoms with van der Waals surface area (Å²) < 4.78 is 1.27. The molecule has 2 unspecified atom stereocenters.